The van der Waals surface area contributed by atoms with E-state index in [0.29, 0.717) is 9.89 Å². The summed E-state index contributed by atoms with van der Waals surface area (Å²) >= 11 is 11.0. The fraction of sp³-hybridized carbons (Fsp3) is 0. The van der Waals surface area contributed by atoms with Crippen molar-refractivity contribution < 1.29 is 0 Å². The third-order valence-corrected chi connectivity index (χ3v) is 3.86. The maximum atomic E-state index is 6.11. The fourth-order valence-corrected chi connectivity index (χ4v) is 3.53. The zero-order valence-corrected chi connectivity index (χ0v) is 10.5. The van der Waals surface area contributed by atoms with Gasteiger partial charge in [0, 0.05) is 10.1 Å². The van der Waals surface area contributed by atoms with E-state index >= 15 is 0 Å². The molecule has 2 heterocycles. The van der Waals surface area contributed by atoms with Crippen LogP contribution in [0.5, 0.6) is 0 Å². The number of rotatable bonds is 0. The second kappa shape index (κ2) is 3.40. The lowest BCUT2D eigenvalue weighted by molar-refractivity contribution is 1.17. The molecular weight excluding hydrogens is 296 g/mol. The monoisotopic (exact) mass is 298 g/mol. The van der Waals surface area contributed by atoms with E-state index in [4.69, 9.17) is 11.6 Å². The Labute approximate surface area is 103 Å². The van der Waals surface area contributed by atoms with E-state index in [2.05, 4.69) is 32.0 Å². The molecule has 0 fully saturated rings. The van der Waals surface area contributed by atoms with Crippen LogP contribution in [0.25, 0.3) is 20.3 Å². The summed E-state index contributed by atoms with van der Waals surface area (Å²) in [6, 6.07) is 8.10. The number of hydrogen-bond acceptors (Lipinski definition) is 3. The van der Waals surface area contributed by atoms with Gasteiger partial charge in [0.25, 0.3) is 0 Å². The number of nitrogens with zero attached hydrogens (tertiary/aromatic N) is 2. The highest BCUT2D eigenvalue weighted by Crippen LogP contribution is 2.36. The summed E-state index contributed by atoms with van der Waals surface area (Å²) in [6.07, 6.45) is 0. The van der Waals surface area contributed by atoms with Crippen molar-refractivity contribution in [2.45, 2.75) is 0 Å². The van der Waals surface area contributed by atoms with Gasteiger partial charge in [0.15, 0.2) is 4.73 Å². The van der Waals surface area contributed by atoms with E-state index in [1.165, 1.54) is 4.70 Å². The fourth-order valence-electron chi connectivity index (χ4n) is 1.56. The van der Waals surface area contributed by atoms with E-state index in [1.54, 1.807) is 11.3 Å². The van der Waals surface area contributed by atoms with Crippen LogP contribution < -0.4 is 0 Å². The summed E-state index contributed by atoms with van der Waals surface area (Å²) in [5.41, 5.74) is 0. The summed E-state index contributed by atoms with van der Waals surface area (Å²) in [6.45, 7) is 0. The van der Waals surface area contributed by atoms with Crippen molar-refractivity contribution in [1.82, 2.24) is 9.97 Å². The quantitative estimate of drug-likeness (QED) is 0.458. The van der Waals surface area contributed by atoms with E-state index in [9.17, 15) is 0 Å². The van der Waals surface area contributed by atoms with Crippen LogP contribution in [0, 0.1) is 0 Å². The Hall–Kier alpha value is -0.710. The van der Waals surface area contributed by atoms with Gasteiger partial charge in [-0.2, -0.15) is 0 Å². The molecule has 5 heteroatoms. The van der Waals surface area contributed by atoms with E-state index < -0.39 is 0 Å². The van der Waals surface area contributed by atoms with Crippen molar-refractivity contribution in [3.8, 4) is 0 Å². The Bertz CT molecular complexity index is 665. The van der Waals surface area contributed by atoms with E-state index in [-0.39, 0.29) is 0 Å². The van der Waals surface area contributed by atoms with Crippen molar-refractivity contribution in [1.29, 1.82) is 0 Å². The lowest BCUT2D eigenvalue weighted by Crippen LogP contribution is -1.82. The van der Waals surface area contributed by atoms with Gasteiger partial charge in [0.2, 0.25) is 0 Å². The first-order valence-electron chi connectivity index (χ1n) is 4.26. The molecule has 0 N–H and O–H groups in total. The van der Waals surface area contributed by atoms with Gasteiger partial charge in [0.05, 0.1) is 5.39 Å². The molecule has 2 aromatic heterocycles. The van der Waals surface area contributed by atoms with Crippen LogP contribution in [0.2, 0.25) is 5.15 Å². The van der Waals surface area contributed by atoms with Crippen LogP contribution in [0.15, 0.2) is 29.0 Å². The van der Waals surface area contributed by atoms with Crippen molar-refractivity contribution in [3.63, 3.8) is 0 Å². The minimum Gasteiger partial charge on any atom is -0.211 e. The van der Waals surface area contributed by atoms with Gasteiger partial charge in [-0.1, -0.05) is 29.8 Å². The highest BCUT2D eigenvalue weighted by molar-refractivity contribution is 9.10. The first-order valence-corrected chi connectivity index (χ1v) is 6.25. The molecule has 2 nitrogen and oxygen atoms in total. The molecule has 0 radical (unpaired) electrons. The zero-order chi connectivity index (χ0) is 10.4. The minimum absolute atomic E-state index is 0.504. The summed E-state index contributed by atoms with van der Waals surface area (Å²) in [4.78, 5) is 9.33. The third kappa shape index (κ3) is 1.44. The average Bonchev–Trinajstić information content (AvgIpc) is 2.54. The third-order valence-electron chi connectivity index (χ3n) is 2.17. The van der Waals surface area contributed by atoms with Gasteiger partial charge in [-0.25, -0.2) is 9.97 Å². The summed E-state index contributed by atoms with van der Waals surface area (Å²) in [5, 5.41) is 2.57. The second-order valence-electron chi connectivity index (χ2n) is 3.06. The van der Waals surface area contributed by atoms with Gasteiger partial charge in [-0.05, 0) is 22.0 Å². The van der Waals surface area contributed by atoms with Gasteiger partial charge < -0.3 is 0 Å². The number of thiophene rings is 1. The Morgan fingerprint density at radius 2 is 2.00 bits per heavy atom. The van der Waals surface area contributed by atoms with E-state index in [0.717, 1.165) is 15.6 Å². The van der Waals surface area contributed by atoms with Crippen LogP contribution >= 0.6 is 38.9 Å². The molecule has 0 bridgehead atoms. The molecule has 0 unspecified atom stereocenters. The van der Waals surface area contributed by atoms with Crippen LogP contribution in [0.1, 0.15) is 0 Å². The maximum Gasteiger partial charge on any atom is 0.199 e. The first-order chi connectivity index (χ1) is 7.25. The number of halogens is 2. The van der Waals surface area contributed by atoms with Crippen LogP contribution in [0.3, 0.4) is 0 Å². The average molecular weight is 300 g/mol. The molecule has 0 saturated heterocycles. The summed E-state index contributed by atoms with van der Waals surface area (Å²) in [5.74, 6) is 0. The highest BCUT2D eigenvalue weighted by Gasteiger charge is 2.11. The molecule has 0 saturated carbocycles. The Morgan fingerprint density at radius 1 is 1.20 bits per heavy atom. The lowest BCUT2D eigenvalue weighted by atomic mass is 10.2. The molecule has 15 heavy (non-hydrogen) atoms. The van der Waals surface area contributed by atoms with Crippen molar-refractivity contribution in [2.75, 3.05) is 0 Å². The van der Waals surface area contributed by atoms with Gasteiger partial charge in [0.1, 0.15) is 9.98 Å². The standard InChI is InChI=1S/C10H4BrClN2S/c11-10-13-8(12)7-5-3-1-2-4-6(5)15-9(7)14-10/h1-4H. The predicted octanol–water partition coefficient (Wildman–Crippen LogP) is 4.26. The Morgan fingerprint density at radius 3 is 2.87 bits per heavy atom. The molecule has 0 aliphatic rings. The molecule has 0 spiro atoms. The molecule has 0 atom stereocenters. The minimum atomic E-state index is 0.504. The molecule has 0 aliphatic heterocycles. The smallest absolute Gasteiger partial charge is 0.199 e. The number of aromatic nitrogens is 2. The first kappa shape index (κ1) is 9.51. The van der Waals surface area contributed by atoms with Crippen LogP contribution in [0.4, 0.5) is 0 Å². The largest absolute Gasteiger partial charge is 0.211 e. The molecule has 0 aliphatic carbocycles. The molecular formula is C10H4BrClN2S. The normalized spacial score (nSPS) is 11.3. The molecule has 74 valence electrons. The molecule has 3 aromatic rings. The molecule has 3 rings (SSSR count). The second-order valence-corrected chi connectivity index (χ2v) is 5.16. The summed E-state index contributed by atoms with van der Waals surface area (Å²) < 4.78 is 1.72. The zero-order valence-electron chi connectivity index (χ0n) is 7.37. The Balaban J connectivity index is 2.61. The SMILES string of the molecule is Clc1nc(Br)nc2sc3ccccc3c12. The highest BCUT2D eigenvalue weighted by atomic mass is 79.9. The Kier molecular flexibility index (Phi) is 2.16. The number of benzene rings is 1. The molecule has 0 amide bonds. The van der Waals surface area contributed by atoms with Gasteiger partial charge >= 0.3 is 0 Å². The van der Waals surface area contributed by atoms with Crippen molar-refractivity contribution in [3.05, 3.63) is 34.2 Å². The van der Waals surface area contributed by atoms with Gasteiger partial charge in [-0.15, -0.1) is 11.3 Å². The topological polar surface area (TPSA) is 25.8 Å². The van der Waals surface area contributed by atoms with Crippen LogP contribution in [-0.2, 0) is 0 Å². The van der Waals surface area contributed by atoms with Crippen molar-refractivity contribution >= 4 is 59.2 Å². The lowest BCUT2D eigenvalue weighted by Gasteiger charge is -1.94. The summed E-state index contributed by atoms with van der Waals surface area (Å²) in [7, 11) is 0. The maximum absolute atomic E-state index is 6.11. The molecule has 1 aromatic carbocycles. The van der Waals surface area contributed by atoms with Crippen molar-refractivity contribution in [2.24, 2.45) is 0 Å². The number of hydrogen-bond donors (Lipinski definition) is 0. The van der Waals surface area contributed by atoms with Gasteiger partial charge in [-0.3, -0.25) is 0 Å². The van der Waals surface area contributed by atoms with Crippen LogP contribution in [-0.4, -0.2) is 9.97 Å². The predicted molar refractivity (Wildman–Crippen MR) is 67.6 cm³/mol. The number of fused-ring (bicyclic) bond motifs is 3. The van der Waals surface area contributed by atoms with E-state index in [1.807, 2.05) is 18.2 Å².